The van der Waals surface area contributed by atoms with Gasteiger partial charge in [0.1, 0.15) is 11.5 Å². The quantitative estimate of drug-likeness (QED) is 0.450. The predicted octanol–water partition coefficient (Wildman–Crippen LogP) is 2.88. The third kappa shape index (κ3) is 4.81. The highest BCUT2D eigenvalue weighted by Crippen LogP contribution is 2.23. The Morgan fingerprint density at radius 1 is 1.08 bits per heavy atom. The van der Waals surface area contributed by atoms with Crippen LogP contribution in [0.25, 0.3) is 0 Å². The van der Waals surface area contributed by atoms with Crippen molar-refractivity contribution in [2.45, 2.75) is 24.3 Å². The molecule has 2 rings (SSSR count). The van der Waals surface area contributed by atoms with Crippen LogP contribution < -0.4 is 4.74 Å². The summed E-state index contributed by atoms with van der Waals surface area (Å²) < 4.78 is 30.2. The monoisotopic (exact) mass is 349 g/mol. The van der Waals surface area contributed by atoms with E-state index < -0.39 is 15.9 Å². The van der Waals surface area contributed by atoms with Gasteiger partial charge >= 0.3 is 0 Å². The third-order valence-corrected chi connectivity index (χ3v) is 5.29. The van der Waals surface area contributed by atoms with Gasteiger partial charge in [-0.15, -0.1) is 0 Å². The van der Waals surface area contributed by atoms with Crippen LogP contribution in [0.4, 0.5) is 0 Å². The standard InChI is InChI=1S/C17H19NO5S/c1-14(18(20)13-19)11-12-24(21,22)17-9-7-16(8-10-17)23-15-5-3-2-4-6-15/h2-10,13-14,20H,11-12H2,1H3/t14-/m1/s1. The van der Waals surface area contributed by atoms with Crippen molar-refractivity contribution < 1.29 is 23.2 Å². The van der Waals surface area contributed by atoms with Crippen molar-refractivity contribution in [1.29, 1.82) is 0 Å². The van der Waals surface area contributed by atoms with Crippen molar-refractivity contribution in [1.82, 2.24) is 5.06 Å². The van der Waals surface area contributed by atoms with Gasteiger partial charge in [-0.05, 0) is 49.7 Å². The minimum atomic E-state index is -3.50. The van der Waals surface area contributed by atoms with Gasteiger partial charge in [0.15, 0.2) is 9.84 Å². The Morgan fingerprint density at radius 2 is 1.67 bits per heavy atom. The molecule has 6 nitrogen and oxygen atoms in total. The lowest BCUT2D eigenvalue weighted by Crippen LogP contribution is -2.30. The number of benzene rings is 2. The van der Waals surface area contributed by atoms with Crippen LogP contribution in [-0.2, 0) is 14.6 Å². The van der Waals surface area contributed by atoms with Crippen molar-refractivity contribution in [2.75, 3.05) is 5.75 Å². The number of hydrogen-bond donors (Lipinski definition) is 1. The van der Waals surface area contributed by atoms with Gasteiger partial charge in [-0.25, -0.2) is 13.5 Å². The molecular formula is C17H19NO5S. The molecule has 0 spiro atoms. The zero-order chi connectivity index (χ0) is 17.6. The molecule has 0 aromatic heterocycles. The molecule has 0 bridgehead atoms. The van der Waals surface area contributed by atoms with Crippen LogP contribution in [0.5, 0.6) is 11.5 Å². The largest absolute Gasteiger partial charge is 0.457 e. The molecule has 1 atom stereocenters. The van der Waals surface area contributed by atoms with Crippen molar-refractivity contribution >= 4 is 16.2 Å². The Bertz CT molecular complexity index is 759. The normalized spacial score (nSPS) is 12.4. The molecule has 24 heavy (non-hydrogen) atoms. The molecule has 0 radical (unpaired) electrons. The lowest BCUT2D eigenvalue weighted by Gasteiger charge is -2.17. The molecule has 0 aliphatic heterocycles. The Morgan fingerprint density at radius 3 is 2.25 bits per heavy atom. The van der Waals surface area contributed by atoms with E-state index in [-0.39, 0.29) is 23.5 Å². The van der Waals surface area contributed by atoms with E-state index in [0.717, 1.165) is 0 Å². The fourth-order valence-corrected chi connectivity index (χ4v) is 3.46. The van der Waals surface area contributed by atoms with Gasteiger partial charge in [-0.3, -0.25) is 10.0 Å². The van der Waals surface area contributed by atoms with Crippen LogP contribution >= 0.6 is 0 Å². The summed E-state index contributed by atoms with van der Waals surface area (Å²) >= 11 is 0. The SMILES string of the molecule is C[C@H](CCS(=O)(=O)c1ccc(Oc2ccccc2)cc1)N(O)C=O. The highest BCUT2D eigenvalue weighted by Gasteiger charge is 2.18. The van der Waals surface area contributed by atoms with Crippen molar-refractivity contribution in [3.05, 3.63) is 54.6 Å². The van der Waals surface area contributed by atoms with Crippen LogP contribution in [0.3, 0.4) is 0 Å². The summed E-state index contributed by atoms with van der Waals surface area (Å²) in [5.74, 6) is 1.03. The first-order valence-electron chi connectivity index (χ1n) is 7.40. The molecule has 0 unspecified atom stereocenters. The van der Waals surface area contributed by atoms with Crippen molar-refractivity contribution in [2.24, 2.45) is 0 Å². The van der Waals surface area contributed by atoms with Gasteiger partial charge in [0, 0.05) is 0 Å². The molecule has 0 saturated carbocycles. The Balaban J connectivity index is 2.02. The molecule has 0 fully saturated rings. The highest BCUT2D eigenvalue weighted by atomic mass is 32.2. The third-order valence-electron chi connectivity index (χ3n) is 3.53. The fraction of sp³-hybridized carbons (Fsp3) is 0.235. The average molecular weight is 349 g/mol. The number of nitrogens with zero attached hydrogens (tertiary/aromatic N) is 1. The molecule has 2 aromatic rings. The first kappa shape index (κ1) is 18.0. The molecule has 1 N–H and O–H groups in total. The molecule has 0 aliphatic rings. The maximum atomic E-state index is 12.3. The van der Waals surface area contributed by atoms with E-state index in [0.29, 0.717) is 16.6 Å². The fourth-order valence-electron chi connectivity index (χ4n) is 2.02. The number of hydroxylamine groups is 2. The number of carbonyl (C=O) groups is 1. The topological polar surface area (TPSA) is 83.9 Å². The number of carbonyl (C=O) groups excluding carboxylic acids is 1. The van der Waals surface area contributed by atoms with E-state index in [4.69, 9.17) is 4.74 Å². The van der Waals surface area contributed by atoms with Crippen LogP contribution in [0.15, 0.2) is 59.5 Å². The number of ether oxygens (including phenoxy) is 1. The van der Waals surface area contributed by atoms with E-state index >= 15 is 0 Å². The number of amides is 1. The molecule has 1 amide bonds. The van der Waals surface area contributed by atoms with Crippen molar-refractivity contribution in [3.63, 3.8) is 0 Å². The summed E-state index contributed by atoms with van der Waals surface area (Å²) in [4.78, 5) is 10.6. The summed E-state index contributed by atoms with van der Waals surface area (Å²) in [6.45, 7) is 1.57. The number of hydrogen-bond acceptors (Lipinski definition) is 5. The smallest absolute Gasteiger partial charge is 0.233 e. The first-order valence-corrected chi connectivity index (χ1v) is 9.06. The molecule has 0 aliphatic carbocycles. The molecule has 0 heterocycles. The van der Waals surface area contributed by atoms with Crippen LogP contribution in [0, 0.1) is 0 Å². The second-order valence-corrected chi connectivity index (χ2v) is 7.44. The number of para-hydroxylation sites is 1. The van der Waals surface area contributed by atoms with E-state index in [1.54, 1.807) is 31.2 Å². The first-order chi connectivity index (χ1) is 11.4. The lowest BCUT2D eigenvalue weighted by atomic mass is 10.3. The van der Waals surface area contributed by atoms with E-state index in [9.17, 15) is 18.4 Å². The van der Waals surface area contributed by atoms with Crippen LogP contribution in [0.2, 0.25) is 0 Å². The predicted molar refractivity (Wildman–Crippen MR) is 88.8 cm³/mol. The second kappa shape index (κ2) is 7.94. The van der Waals surface area contributed by atoms with E-state index in [1.165, 1.54) is 12.1 Å². The summed E-state index contributed by atoms with van der Waals surface area (Å²) in [7, 11) is -3.50. The van der Waals surface area contributed by atoms with Crippen LogP contribution in [0.1, 0.15) is 13.3 Å². The van der Waals surface area contributed by atoms with Gasteiger partial charge in [-0.1, -0.05) is 18.2 Å². The Kier molecular flexibility index (Phi) is 5.94. The lowest BCUT2D eigenvalue weighted by molar-refractivity contribution is -0.158. The van der Waals surface area contributed by atoms with Gasteiger partial charge in [0.25, 0.3) is 0 Å². The minimum Gasteiger partial charge on any atom is -0.457 e. The highest BCUT2D eigenvalue weighted by molar-refractivity contribution is 7.91. The van der Waals surface area contributed by atoms with E-state index in [1.807, 2.05) is 18.2 Å². The number of sulfone groups is 1. The average Bonchev–Trinajstić information content (AvgIpc) is 2.60. The summed E-state index contributed by atoms with van der Waals surface area (Å²) in [5, 5.41) is 9.69. The zero-order valence-electron chi connectivity index (χ0n) is 13.2. The summed E-state index contributed by atoms with van der Waals surface area (Å²) in [6.07, 6.45) is 0.396. The van der Waals surface area contributed by atoms with Crippen molar-refractivity contribution in [3.8, 4) is 11.5 Å². The van der Waals surface area contributed by atoms with E-state index in [2.05, 4.69) is 0 Å². The number of rotatable bonds is 8. The summed E-state index contributed by atoms with van der Waals surface area (Å²) in [6, 6.07) is 14.8. The summed E-state index contributed by atoms with van der Waals surface area (Å²) in [5.41, 5.74) is 0. The molecule has 7 heteroatoms. The second-order valence-electron chi connectivity index (χ2n) is 5.33. The minimum absolute atomic E-state index is 0.139. The maximum absolute atomic E-state index is 12.3. The van der Waals surface area contributed by atoms with Gasteiger partial charge in [0.05, 0.1) is 16.7 Å². The Labute approximate surface area is 141 Å². The van der Waals surface area contributed by atoms with Gasteiger partial charge in [0.2, 0.25) is 6.41 Å². The van der Waals surface area contributed by atoms with Gasteiger partial charge < -0.3 is 4.74 Å². The maximum Gasteiger partial charge on any atom is 0.233 e. The molecule has 128 valence electrons. The molecule has 2 aromatic carbocycles. The molecule has 0 saturated heterocycles. The zero-order valence-corrected chi connectivity index (χ0v) is 14.0. The van der Waals surface area contributed by atoms with Crippen LogP contribution in [-0.4, -0.2) is 36.9 Å². The van der Waals surface area contributed by atoms with Gasteiger partial charge in [-0.2, -0.15) is 0 Å². The molecular weight excluding hydrogens is 330 g/mol. The Hall–Kier alpha value is -2.38.